The van der Waals surface area contributed by atoms with Crippen molar-refractivity contribution < 1.29 is 18.0 Å². The molecule has 1 fully saturated rings. The molecule has 1 aliphatic rings. The number of fused-ring (bicyclic) bond motifs is 1. The number of rotatable bonds is 4. The summed E-state index contributed by atoms with van der Waals surface area (Å²) < 4.78 is 39.5. The van der Waals surface area contributed by atoms with E-state index in [0.29, 0.717) is 17.5 Å². The van der Waals surface area contributed by atoms with Crippen LogP contribution in [0.5, 0.6) is 0 Å². The van der Waals surface area contributed by atoms with Gasteiger partial charge in [0.05, 0.1) is 15.2 Å². The van der Waals surface area contributed by atoms with Crippen molar-refractivity contribution in [3.63, 3.8) is 0 Å². The Hall–Kier alpha value is -2.48. The third kappa shape index (κ3) is 4.89. The Morgan fingerprint density at radius 3 is 2.52 bits per heavy atom. The number of aromatic nitrogens is 2. The van der Waals surface area contributed by atoms with E-state index in [4.69, 9.17) is 4.98 Å². The summed E-state index contributed by atoms with van der Waals surface area (Å²) in [7, 11) is 0. The number of nitrogens with zero attached hydrogens (tertiary/aromatic N) is 2. The fraction of sp³-hybridized carbons (Fsp3) is 0.435. The molecule has 1 aromatic carbocycles. The number of halogens is 3. The highest BCUT2D eigenvalue weighted by Gasteiger charge is 2.33. The molecule has 31 heavy (non-hydrogen) atoms. The molecule has 0 unspecified atom stereocenters. The SMILES string of the molecule is CC(C)C1CCC(c2nc3ccc(NC(=O)c4cccc(C(F)(F)F)n4)cc3s2)CC1. The number of hydrogen-bond donors (Lipinski definition) is 1. The number of nitrogens with one attached hydrogen (secondary N) is 1. The summed E-state index contributed by atoms with van der Waals surface area (Å²) >= 11 is 1.63. The summed E-state index contributed by atoms with van der Waals surface area (Å²) in [5.41, 5.74) is 0.0216. The molecule has 1 aliphatic carbocycles. The number of hydrogen-bond acceptors (Lipinski definition) is 4. The highest BCUT2D eigenvalue weighted by Crippen LogP contribution is 2.41. The van der Waals surface area contributed by atoms with Crippen LogP contribution >= 0.6 is 11.3 Å². The molecule has 2 aromatic heterocycles. The van der Waals surface area contributed by atoms with E-state index in [1.54, 1.807) is 17.4 Å². The van der Waals surface area contributed by atoms with E-state index in [-0.39, 0.29) is 5.69 Å². The molecule has 8 heteroatoms. The molecule has 1 amide bonds. The molecule has 164 valence electrons. The van der Waals surface area contributed by atoms with Gasteiger partial charge in [-0.15, -0.1) is 11.3 Å². The van der Waals surface area contributed by atoms with Gasteiger partial charge >= 0.3 is 6.18 Å². The van der Waals surface area contributed by atoms with Gasteiger partial charge in [0.25, 0.3) is 5.91 Å². The van der Waals surface area contributed by atoms with Gasteiger partial charge in [-0.05, 0) is 67.9 Å². The summed E-state index contributed by atoms with van der Waals surface area (Å²) in [6.07, 6.45) is 0.149. The topological polar surface area (TPSA) is 54.9 Å². The molecule has 4 nitrogen and oxygen atoms in total. The zero-order valence-electron chi connectivity index (χ0n) is 17.4. The minimum atomic E-state index is -4.59. The minimum Gasteiger partial charge on any atom is -0.321 e. The third-order valence-electron chi connectivity index (χ3n) is 6.00. The largest absolute Gasteiger partial charge is 0.433 e. The third-order valence-corrected chi connectivity index (χ3v) is 7.18. The lowest BCUT2D eigenvalue weighted by molar-refractivity contribution is -0.141. The van der Waals surface area contributed by atoms with Crippen molar-refractivity contribution in [3.8, 4) is 0 Å². The second-order valence-corrected chi connectivity index (χ2v) is 9.51. The van der Waals surface area contributed by atoms with E-state index < -0.39 is 17.8 Å². The van der Waals surface area contributed by atoms with Crippen molar-refractivity contribution in [2.24, 2.45) is 11.8 Å². The number of alkyl halides is 3. The quantitative estimate of drug-likeness (QED) is 0.474. The van der Waals surface area contributed by atoms with Crippen molar-refractivity contribution in [1.29, 1.82) is 0 Å². The Morgan fingerprint density at radius 2 is 1.84 bits per heavy atom. The highest BCUT2D eigenvalue weighted by atomic mass is 32.1. The number of carbonyl (C=O) groups is 1. The number of carbonyl (C=O) groups excluding carboxylic acids is 1. The Labute approximate surface area is 182 Å². The molecule has 0 spiro atoms. The minimum absolute atomic E-state index is 0.276. The van der Waals surface area contributed by atoms with Crippen LogP contribution in [0.3, 0.4) is 0 Å². The fourth-order valence-corrected chi connectivity index (χ4v) is 5.32. The van der Waals surface area contributed by atoms with Gasteiger partial charge in [0, 0.05) is 11.6 Å². The smallest absolute Gasteiger partial charge is 0.321 e. The summed E-state index contributed by atoms with van der Waals surface area (Å²) in [4.78, 5) is 20.6. The molecule has 1 saturated carbocycles. The lowest BCUT2D eigenvalue weighted by Crippen LogP contribution is -2.17. The molecule has 2 heterocycles. The van der Waals surface area contributed by atoms with E-state index in [2.05, 4.69) is 24.1 Å². The Kier molecular flexibility index (Phi) is 6.01. The van der Waals surface area contributed by atoms with Crippen LogP contribution in [0.25, 0.3) is 10.2 Å². The predicted molar refractivity (Wildman–Crippen MR) is 116 cm³/mol. The average molecular weight is 448 g/mol. The van der Waals surface area contributed by atoms with Crippen molar-refractivity contribution in [3.05, 3.63) is 52.8 Å². The highest BCUT2D eigenvalue weighted by molar-refractivity contribution is 7.18. The van der Waals surface area contributed by atoms with Crippen LogP contribution < -0.4 is 5.32 Å². The summed E-state index contributed by atoms with van der Waals surface area (Å²) in [5.74, 6) is 1.30. The number of anilines is 1. The standard InChI is InChI=1S/C23H24F3N3OS/c1-13(2)14-6-8-15(9-7-14)22-29-17-11-10-16(12-19(17)31-22)27-21(30)18-4-3-5-20(28-18)23(24,25)26/h3-5,10-15H,6-9H2,1-2H3,(H,27,30). The van der Waals surface area contributed by atoms with E-state index in [0.717, 1.165) is 40.1 Å². The molecular weight excluding hydrogens is 423 g/mol. The van der Waals surface area contributed by atoms with Crippen LogP contribution in [0.2, 0.25) is 0 Å². The first-order chi connectivity index (χ1) is 14.7. The van der Waals surface area contributed by atoms with Gasteiger partial charge < -0.3 is 5.32 Å². The zero-order valence-corrected chi connectivity index (χ0v) is 18.2. The van der Waals surface area contributed by atoms with Crippen LogP contribution in [-0.2, 0) is 6.18 Å². The summed E-state index contributed by atoms with van der Waals surface area (Å²) in [6.45, 7) is 4.57. The first-order valence-electron chi connectivity index (χ1n) is 10.5. The molecule has 0 aliphatic heterocycles. The van der Waals surface area contributed by atoms with Crippen molar-refractivity contribution >= 4 is 33.1 Å². The van der Waals surface area contributed by atoms with E-state index >= 15 is 0 Å². The molecular formula is C23H24F3N3OS. The first kappa shape index (κ1) is 21.7. The number of thiazole rings is 1. The van der Waals surface area contributed by atoms with Gasteiger partial charge in [0.15, 0.2) is 0 Å². The lowest BCUT2D eigenvalue weighted by Gasteiger charge is -2.29. The monoisotopic (exact) mass is 447 g/mol. The van der Waals surface area contributed by atoms with Gasteiger partial charge in [-0.25, -0.2) is 9.97 Å². The van der Waals surface area contributed by atoms with E-state index in [1.165, 1.54) is 25.0 Å². The number of amides is 1. The molecule has 0 saturated heterocycles. The molecule has 0 radical (unpaired) electrons. The van der Waals surface area contributed by atoms with E-state index in [1.807, 2.05) is 12.1 Å². The Balaban J connectivity index is 1.48. The van der Waals surface area contributed by atoms with Crippen molar-refractivity contribution in [2.75, 3.05) is 5.32 Å². The van der Waals surface area contributed by atoms with Crippen molar-refractivity contribution in [1.82, 2.24) is 9.97 Å². The molecule has 3 aromatic rings. The van der Waals surface area contributed by atoms with Gasteiger partial charge in [-0.2, -0.15) is 13.2 Å². The zero-order chi connectivity index (χ0) is 22.2. The maximum absolute atomic E-state index is 12.8. The van der Waals surface area contributed by atoms with Crippen LogP contribution in [0, 0.1) is 11.8 Å². The molecule has 4 rings (SSSR count). The number of benzene rings is 1. The second kappa shape index (κ2) is 8.57. The second-order valence-electron chi connectivity index (χ2n) is 8.45. The first-order valence-corrected chi connectivity index (χ1v) is 11.3. The van der Waals surface area contributed by atoms with Crippen LogP contribution in [-0.4, -0.2) is 15.9 Å². The Bertz CT molecular complexity index is 1090. The average Bonchev–Trinajstić information content (AvgIpc) is 3.16. The fourth-order valence-electron chi connectivity index (χ4n) is 4.14. The van der Waals surface area contributed by atoms with Crippen LogP contribution in [0.1, 0.15) is 66.6 Å². The van der Waals surface area contributed by atoms with Gasteiger partial charge in [0.2, 0.25) is 0 Å². The molecule has 0 atom stereocenters. The van der Waals surface area contributed by atoms with E-state index in [9.17, 15) is 18.0 Å². The van der Waals surface area contributed by atoms with Crippen LogP contribution in [0.15, 0.2) is 36.4 Å². The normalized spacial score (nSPS) is 19.7. The van der Waals surface area contributed by atoms with Gasteiger partial charge in [-0.3, -0.25) is 4.79 Å². The lowest BCUT2D eigenvalue weighted by atomic mass is 9.77. The van der Waals surface area contributed by atoms with Crippen LogP contribution in [0.4, 0.5) is 18.9 Å². The maximum atomic E-state index is 12.8. The Morgan fingerprint density at radius 1 is 1.10 bits per heavy atom. The summed E-state index contributed by atoms with van der Waals surface area (Å²) in [6, 6.07) is 8.66. The molecule has 0 bridgehead atoms. The summed E-state index contributed by atoms with van der Waals surface area (Å²) in [5, 5.41) is 3.77. The predicted octanol–water partition coefficient (Wildman–Crippen LogP) is 6.89. The van der Waals surface area contributed by atoms with Gasteiger partial charge in [0.1, 0.15) is 11.4 Å². The van der Waals surface area contributed by atoms with Crippen molar-refractivity contribution in [2.45, 2.75) is 51.6 Å². The maximum Gasteiger partial charge on any atom is 0.433 e. The molecule has 1 N–H and O–H groups in total. The van der Waals surface area contributed by atoms with Gasteiger partial charge in [-0.1, -0.05) is 19.9 Å². The number of pyridine rings is 1.